The van der Waals surface area contributed by atoms with Crippen LogP contribution < -0.4 is 0 Å². The molecule has 1 aliphatic heterocycles. The molecule has 33 heavy (non-hydrogen) atoms. The van der Waals surface area contributed by atoms with E-state index in [0.29, 0.717) is 0 Å². The second kappa shape index (κ2) is 8.99. The Hall–Kier alpha value is -3.18. The number of carbonyl (C=O) groups excluding carboxylic acids is 1. The normalized spacial score (nSPS) is 16.0. The van der Waals surface area contributed by atoms with Crippen molar-refractivity contribution in [3.05, 3.63) is 71.4 Å². The lowest BCUT2D eigenvalue weighted by atomic mass is 10.2. The first-order valence-electron chi connectivity index (χ1n) is 10.2. The second-order valence-corrected chi connectivity index (χ2v) is 9.36. The zero-order chi connectivity index (χ0) is 23.6. The highest BCUT2D eigenvalue weighted by molar-refractivity contribution is 7.92. The summed E-state index contributed by atoms with van der Waals surface area (Å²) < 4.78 is 67.7. The van der Waals surface area contributed by atoms with Crippen molar-refractivity contribution in [2.24, 2.45) is 0 Å². The molecule has 1 aromatic heterocycles. The smallest absolute Gasteiger partial charge is 0.339 e. The van der Waals surface area contributed by atoms with Gasteiger partial charge in [0.15, 0.2) is 0 Å². The lowest BCUT2D eigenvalue weighted by molar-refractivity contribution is -0.148. The van der Waals surface area contributed by atoms with E-state index in [4.69, 9.17) is 0 Å². The van der Waals surface area contributed by atoms with Crippen molar-refractivity contribution in [1.82, 2.24) is 18.8 Å². The average molecular weight is 478 g/mol. The summed E-state index contributed by atoms with van der Waals surface area (Å²) in [6.45, 7) is -0.236. The molecule has 7 nitrogen and oxygen atoms in total. The number of benzene rings is 2. The van der Waals surface area contributed by atoms with Crippen LogP contribution in [-0.4, -0.2) is 59.3 Å². The van der Waals surface area contributed by atoms with E-state index in [2.05, 4.69) is 4.98 Å². The first-order chi connectivity index (χ1) is 15.6. The maximum Gasteiger partial charge on any atom is 0.449 e. The van der Waals surface area contributed by atoms with Crippen LogP contribution in [0.3, 0.4) is 0 Å². The van der Waals surface area contributed by atoms with E-state index >= 15 is 0 Å². The predicted octanol–water partition coefficient (Wildman–Crippen LogP) is 3.20. The molecule has 2 heterocycles. The van der Waals surface area contributed by atoms with Crippen LogP contribution in [0.15, 0.2) is 60.0 Å². The van der Waals surface area contributed by atoms with Crippen LogP contribution in [0.5, 0.6) is 0 Å². The topological polar surface area (TPSA) is 75.5 Å². The van der Waals surface area contributed by atoms with Gasteiger partial charge in [-0.25, -0.2) is 13.4 Å². The molecular formula is C22H21F3N4O3S. The molecule has 174 valence electrons. The Morgan fingerprint density at radius 1 is 0.970 bits per heavy atom. The summed E-state index contributed by atoms with van der Waals surface area (Å²) in [6, 6.07) is 15.1. The van der Waals surface area contributed by atoms with Gasteiger partial charge in [-0.1, -0.05) is 42.5 Å². The summed E-state index contributed by atoms with van der Waals surface area (Å²) in [5.41, 5.74) is 1.10. The van der Waals surface area contributed by atoms with Crippen molar-refractivity contribution < 1.29 is 26.4 Å². The summed E-state index contributed by atoms with van der Waals surface area (Å²) in [5.74, 6) is -1.66. The number of hydrogen-bond acceptors (Lipinski definition) is 4. The first-order valence-corrected chi connectivity index (χ1v) is 11.7. The van der Waals surface area contributed by atoms with E-state index in [9.17, 15) is 26.4 Å². The van der Waals surface area contributed by atoms with Crippen molar-refractivity contribution in [1.29, 1.82) is 0 Å². The quantitative estimate of drug-likeness (QED) is 0.565. The Balaban J connectivity index is 1.44. The average Bonchev–Trinajstić information content (AvgIpc) is 3.17. The van der Waals surface area contributed by atoms with Crippen LogP contribution in [0.25, 0.3) is 17.1 Å². The van der Waals surface area contributed by atoms with E-state index in [1.807, 2.05) is 6.07 Å². The number of alkyl halides is 3. The molecule has 4 rings (SSSR count). The molecule has 0 atom stereocenters. The third kappa shape index (κ3) is 5.09. The van der Waals surface area contributed by atoms with E-state index in [1.165, 1.54) is 27.4 Å². The van der Waals surface area contributed by atoms with Crippen molar-refractivity contribution in [3.8, 4) is 0 Å². The zero-order valence-corrected chi connectivity index (χ0v) is 18.3. The number of imidazole rings is 1. The maximum absolute atomic E-state index is 13.5. The molecule has 1 aliphatic rings. The number of nitrogens with zero attached hydrogens (tertiary/aromatic N) is 4. The SMILES string of the molecule is O=C(Cn1c(C(F)(F)F)nc2ccccc21)N1CCN(S(=O)(=O)/C=C/c2ccccc2)CC1. The lowest BCUT2D eigenvalue weighted by Crippen LogP contribution is -2.50. The van der Waals surface area contributed by atoms with E-state index in [-0.39, 0.29) is 37.2 Å². The number of piperazine rings is 1. The Kier molecular flexibility index (Phi) is 6.26. The Morgan fingerprint density at radius 2 is 1.61 bits per heavy atom. The van der Waals surface area contributed by atoms with Gasteiger partial charge >= 0.3 is 6.18 Å². The molecule has 0 saturated carbocycles. The number of amides is 1. The van der Waals surface area contributed by atoms with Gasteiger partial charge in [-0.15, -0.1) is 0 Å². The molecule has 0 spiro atoms. The highest BCUT2D eigenvalue weighted by atomic mass is 32.2. The minimum atomic E-state index is -4.71. The molecule has 1 fully saturated rings. The van der Waals surface area contributed by atoms with Crippen LogP contribution in [0.1, 0.15) is 11.4 Å². The van der Waals surface area contributed by atoms with Crippen molar-refractivity contribution in [3.63, 3.8) is 0 Å². The first kappa shape index (κ1) is 23.0. The Bertz CT molecular complexity index is 1280. The fraction of sp³-hybridized carbons (Fsp3) is 0.273. The summed E-state index contributed by atoms with van der Waals surface area (Å²) in [7, 11) is -3.68. The van der Waals surface area contributed by atoms with Crippen molar-refractivity contribution in [2.45, 2.75) is 12.7 Å². The van der Waals surface area contributed by atoms with Crippen molar-refractivity contribution in [2.75, 3.05) is 26.2 Å². The van der Waals surface area contributed by atoms with Crippen LogP contribution in [0.2, 0.25) is 0 Å². The Morgan fingerprint density at radius 3 is 2.27 bits per heavy atom. The fourth-order valence-corrected chi connectivity index (χ4v) is 4.87. The molecule has 3 aromatic rings. The molecule has 1 amide bonds. The number of halogens is 3. The lowest BCUT2D eigenvalue weighted by Gasteiger charge is -2.33. The number of carbonyl (C=O) groups is 1. The molecule has 11 heteroatoms. The van der Waals surface area contributed by atoms with Gasteiger partial charge in [-0.2, -0.15) is 17.5 Å². The van der Waals surface area contributed by atoms with Gasteiger partial charge in [0.1, 0.15) is 6.54 Å². The molecular weight excluding hydrogens is 457 g/mol. The molecule has 1 saturated heterocycles. The van der Waals surface area contributed by atoms with Crippen LogP contribution in [0, 0.1) is 0 Å². The van der Waals surface area contributed by atoms with Gasteiger partial charge in [0.05, 0.1) is 11.0 Å². The van der Waals surface area contributed by atoms with E-state index in [1.54, 1.807) is 36.4 Å². The third-order valence-electron chi connectivity index (χ3n) is 5.38. The highest BCUT2D eigenvalue weighted by Gasteiger charge is 2.38. The molecule has 0 unspecified atom stereocenters. The molecule has 0 aliphatic carbocycles. The second-order valence-electron chi connectivity index (χ2n) is 7.55. The number of fused-ring (bicyclic) bond motifs is 1. The minimum Gasteiger partial charge on any atom is -0.339 e. The van der Waals surface area contributed by atoms with Gasteiger partial charge in [0.25, 0.3) is 0 Å². The van der Waals surface area contributed by atoms with Crippen molar-refractivity contribution >= 4 is 33.0 Å². The van der Waals surface area contributed by atoms with E-state index < -0.39 is 34.5 Å². The number of para-hydroxylation sites is 2. The minimum absolute atomic E-state index is 0.0595. The standard InChI is InChI=1S/C22H21F3N4O3S/c23-22(24,25)21-26-18-8-4-5-9-19(18)29(21)16-20(30)27-11-13-28(14-12-27)33(31,32)15-10-17-6-2-1-3-7-17/h1-10,15H,11-14,16H2/b15-10+. The van der Waals surface area contributed by atoms with Gasteiger partial charge in [-0.05, 0) is 23.8 Å². The number of rotatable bonds is 5. The maximum atomic E-state index is 13.5. The molecule has 0 radical (unpaired) electrons. The molecule has 0 bridgehead atoms. The largest absolute Gasteiger partial charge is 0.449 e. The number of aromatic nitrogens is 2. The zero-order valence-electron chi connectivity index (χ0n) is 17.4. The summed E-state index contributed by atoms with van der Waals surface area (Å²) in [6.07, 6.45) is -3.22. The number of sulfonamides is 1. The number of hydrogen-bond donors (Lipinski definition) is 0. The summed E-state index contributed by atoms with van der Waals surface area (Å²) in [5, 5.41) is 1.12. The predicted molar refractivity (Wildman–Crippen MR) is 117 cm³/mol. The molecule has 0 N–H and O–H groups in total. The van der Waals surface area contributed by atoms with Gasteiger partial charge in [-0.3, -0.25) is 4.79 Å². The third-order valence-corrected chi connectivity index (χ3v) is 6.95. The van der Waals surface area contributed by atoms with Crippen LogP contribution in [0.4, 0.5) is 13.2 Å². The fourth-order valence-electron chi connectivity index (χ4n) is 3.69. The van der Waals surface area contributed by atoms with Gasteiger partial charge < -0.3 is 9.47 Å². The van der Waals surface area contributed by atoms with Crippen LogP contribution >= 0.6 is 0 Å². The van der Waals surface area contributed by atoms with Gasteiger partial charge in [0.2, 0.25) is 21.8 Å². The van der Waals surface area contributed by atoms with Crippen LogP contribution in [-0.2, 0) is 27.5 Å². The monoisotopic (exact) mass is 478 g/mol. The van der Waals surface area contributed by atoms with Gasteiger partial charge in [0, 0.05) is 31.6 Å². The molecule has 2 aromatic carbocycles. The van der Waals surface area contributed by atoms with E-state index in [0.717, 1.165) is 15.5 Å². The summed E-state index contributed by atoms with van der Waals surface area (Å²) >= 11 is 0. The summed E-state index contributed by atoms with van der Waals surface area (Å²) in [4.78, 5) is 17.8. The highest BCUT2D eigenvalue weighted by Crippen LogP contribution is 2.31. The Labute approximate surface area is 188 Å².